The molecule has 1 aliphatic rings. The van der Waals surface area contributed by atoms with Gasteiger partial charge in [-0.25, -0.2) is 4.79 Å². The van der Waals surface area contributed by atoms with E-state index in [2.05, 4.69) is 0 Å². The molecule has 0 aromatic heterocycles. The summed E-state index contributed by atoms with van der Waals surface area (Å²) in [6.07, 6.45) is 1.71. The maximum Gasteiger partial charge on any atom is 0.326 e. The summed E-state index contributed by atoms with van der Waals surface area (Å²) in [5, 5.41) is 18.9. The van der Waals surface area contributed by atoms with Gasteiger partial charge in [-0.1, -0.05) is 26.0 Å². The molecule has 1 aliphatic heterocycles. The highest BCUT2D eigenvalue weighted by atomic mass is 16.4. The van der Waals surface area contributed by atoms with Crippen LogP contribution in [0.25, 0.3) is 0 Å². The molecular weight excluding hydrogens is 270 g/mol. The number of carbonyl (C=O) groups is 2. The highest BCUT2D eigenvalue weighted by Crippen LogP contribution is 2.35. The normalized spacial score (nSPS) is 21.0. The molecule has 0 saturated carbocycles. The second-order valence-electron chi connectivity index (χ2n) is 6.27. The third-order valence-electron chi connectivity index (χ3n) is 4.09. The molecule has 2 N–H and O–H groups in total. The Morgan fingerprint density at radius 1 is 1.38 bits per heavy atom. The number of carboxylic acids is 1. The van der Waals surface area contributed by atoms with Crippen LogP contribution in [0.3, 0.4) is 0 Å². The molecule has 1 fully saturated rings. The van der Waals surface area contributed by atoms with Crippen molar-refractivity contribution in [2.24, 2.45) is 5.41 Å². The predicted molar refractivity (Wildman–Crippen MR) is 78.0 cm³/mol. The highest BCUT2D eigenvalue weighted by molar-refractivity contribution is 5.85. The van der Waals surface area contributed by atoms with E-state index in [0.29, 0.717) is 12.1 Å². The minimum absolute atomic E-state index is 0.105. The lowest BCUT2D eigenvalue weighted by Gasteiger charge is -2.44. The first-order valence-electron chi connectivity index (χ1n) is 7.11. The van der Waals surface area contributed by atoms with Gasteiger partial charge in [0.05, 0.1) is 6.42 Å². The Hall–Kier alpha value is -2.04. The Balaban J connectivity index is 2.18. The number of amides is 1. The number of carbonyl (C=O) groups excluding carboxylic acids is 1. The van der Waals surface area contributed by atoms with Crippen LogP contribution in [0.4, 0.5) is 0 Å². The Labute approximate surface area is 124 Å². The van der Waals surface area contributed by atoms with Gasteiger partial charge in [0.25, 0.3) is 0 Å². The standard InChI is InChI=1S/C16H21NO4/c1-16(2)7-4-8-17(14(16)15(20)21)13(19)10-11-5-3-6-12(18)9-11/h3,5-6,9,14,18H,4,7-8,10H2,1-2H3,(H,20,21). The van der Waals surface area contributed by atoms with E-state index in [0.717, 1.165) is 12.8 Å². The Morgan fingerprint density at radius 3 is 2.71 bits per heavy atom. The number of phenols is 1. The molecule has 5 heteroatoms. The largest absolute Gasteiger partial charge is 0.508 e. The zero-order valence-corrected chi connectivity index (χ0v) is 12.4. The zero-order chi connectivity index (χ0) is 15.6. The van der Waals surface area contributed by atoms with E-state index in [1.54, 1.807) is 12.1 Å². The van der Waals surface area contributed by atoms with Crippen LogP contribution >= 0.6 is 0 Å². The zero-order valence-electron chi connectivity index (χ0n) is 12.4. The summed E-state index contributed by atoms with van der Waals surface area (Å²) >= 11 is 0. The average Bonchev–Trinajstić information content (AvgIpc) is 2.36. The highest BCUT2D eigenvalue weighted by Gasteiger charge is 2.44. The third-order valence-corrected chi connectivity index (χ3v) is 4.09. The van der Waals surface area contributed by atoms with E-state index in [4.69, 9.17) is 0 Å². The maximum atomic E-state index is 12.5. The molecule has 1 amide bonds. The van der Waals surface area contributed by atoms with Gasteiger partial charge in [-0.05, 0) is 36.0 Å². The molecule has 0 aliphatic carbocycles. The molecule has 1 heterocycles. The summed E-state index contributed by atoms with van der Waals surface area (Å²) in [4.78, 5) is 25.5. The molecule has 2 rings (SSSR count). The van der Waals surface area contributed by atoms with Crippen molar-refractivity contribution < 1.29 is 19.8 Å². The molecule has 1 atom stereocenters. The number of likely N-dealkylation sites (tertiary alicyclic amines) is 1. The van der Waals surface area contributed by atoms with Crippen LogP contribution in [0.2, 0.25) is 0 Å². The monoisotopic (exact) mass is 291 g/mol. The number of hydrogen-bond acceptors (Lipinski definition) is 3. The first kappa shape index (κ1) is 15.4. The summed E-state index contributed by atoms with van der Waals surface area (Å²) < 4.78 is 0. The lowest BCUT2D eigenvalue weighted by atomic mass is 9.76. The van der Waals surface area contributed by atoms with Crippen LogP contribution in [0, 0.1) is 5.41 Å². The number of aromatic hydroxyl groups is 1. The van der Waals surface area contributed by atoms with Gasteiger partial charge in [0.2, 0.25) is 5.91 Å². The fourth-order valence-corrected chi connectivity index (χ4v) is 3.07. The van der Waals surface area contributed by atoms with Gasteiger partial charge < -0.3 is 15.1 Å². The van der Waals surface area contributed by atoms with Gasteiger partial charge in [-0.15, -0.1) is 0 Å². The van der Waals surface area contributed by atoms with E-state index in [9.17, 15) is 19.8 Å². The van der Waals surface area contributed by atoms with E-state index in [-0.39, 0.29) is 18.1 Å². The van der Waals surface area contributed by atoms with Crippen molar-refractivity contribution in [3.05, 3.63) is 29.8 Å². The summed E-state index contributed by atoms with van der Waals surface area (Å²) in [5.41, 5.74) is 0.256. The molecule has 1 aromatic rings. The van der Waals surface area contributed by atoms with Crippen molar-refractivity contribution in [1.82, 2.24) is 4.90 Å². The topological polar surface area (TPSA) is 77.8 Å². The van der Waals surface area contributed by atoms with E-state index < -0.39 is 17.4 Å². The van der Waals surface area contributed by atoms with Gasteiger partial charge in [0, 0.05) is 6.54 Å². The number of nitrogens with zero attached hydrogens (tertiary/aromatic N) is 1. The lowest BCUT2D eigenvalue weighted by molar-refractivity contribution is -0.158. The van der Waals surface area contributed by atoms with Crippen molar-refractivity contribution in [3.8, 4) is 5.75 Å². The van der Waals surface area contributed by atoms with Gasteiger partial charge in [-0.3, -0.25) is 4.79 Å². The maximum absolute atomic E-state index is 12.5. The third kappa shape index (κ3) is 3.35. The van der Waals surface area contributed by atoms with E-state index >= 15 is 0 Å². The second-order valence-corrected chi connectivity index (χ2v) is 6.27. The van der Waals surface area contributed by atoms with Crippen molar-refractivity contribution in [1.29, 1.82) is 0 Å². The summed E-state index contributed by atoms with van der Waals surface area (Å²) in [7, 11) is 0. The molecule has 0 radical (unpaired) electrons. The van der Waals surface area contributed by atoms with Crippen molar-refractivity contribution in [2.75, 3.05) is 6.54 Å². The second kappa shape index (κ2) is 5.76. The van der Waals surface area contributed by atoms with Crippen LogP contribution in [-0.4, -0.2) is 39.6 Å². The van der Waals surface area contributed by atoms with Crippen LogP contribution < -0.4 is 0 Å². The minimum Gasteiger partial charge on any atom is -0.508 e. The van der Waals surface area contributed by atoms with Crippen molar-refractivity contribution in [2.45, 2.75) is 39.2 Å². The number of rotatable bonds is 3. The van der Waals surface area contributed by atoms with Gasteiger partial charge in [0.1, 0.15) is 11.8 Å². The molecule has 1 aromatic carbocycles. The molecule has 1 saturated heterocycles. The molecule has 21 heavy (non-hydrogen) atoms. The molecule has 5 nitrogen and oxygen atoms in total. The quantitative estimate of drug-likeness (QED) is 0.893. The number of aliphatic carboxylic acids is 1. The first-order valence-corrected chi connectivity index (χ1v) is 7.11. The molecule has 0 bridgehead atoms. The van der Waals surface area contributed by atoms with Crippen LogP contribution in [0.5, 0.6) is 5.75 Å². The predicted octanol–water partition coefficient (Wildman–Crippen LogP) is 2.04. The van der Waals surface area contributed by atoms with E-state index in [1.807, 2.05) is 13.8 Å². The van der Waals surface area contributed by atoms with Crippen LogP contribution in [0.1, 0.15) is 32.3 Å². The Morgan fingerprint density at radius 2 is 2.10 bits per heavy atom. The SMILES string of the molecule is CC1(C)CCCN(C(=O)Cc2cccc(O)c2)C1C(=O)O. The fourth-order valence-electron chi connectivity index (χ4n) is 3.07. The van der Waals surface area contributed by atoms with E-state index in [1.165, 1.54) is 17.0 Å². The van der Waals surface area contributed by atoms with Crippen LogP contribution in [0.15, 0.2) is 24.3 Å². The number of piperidine rings is 1. The van der Waals surface area contributed by atoms with Gasteiger partial charge in [-0.2, -0.15) is 0 Å². The molecule has 114 valence electrons. The number of carboxylic acid groups (broad SMARTS) is 1. The van der Waals surface area contributed by atoms with Crippen LogP contribution in [-0.2, 0) is 16.0 Å². The number of benzene rings is 1. The molecule has 1 unspecified atom stereocenters. The Kier molecular flexibility index (Phi) is 4.21. The smallest absolute Gasteiger partial charge is 0.326 e. The molecule has 0 spiro atoms. The average molecular weight is 291 g/mol. The first-order chi connectivity index (χ1) is 9.81. The van der Waals surface area contributed by atoms with Crippen molar-refractivity contribution in [3.63, 3.8) is 0 Å². The van der Waals surface area contributed by atoms with Gasteiger partial charge in [0.15, 0.2) is 0 Å². The fraction of sp³-hybridized carbons (Fsp3) is 0.500. The minimum atomic E-state index is -0.955. The van der Waals surface area contributed by atoms with Crippen molar-refractivity contribution >= 4 is 11.9 Å². The number of hydrogen-bond donors (Lipinski definition) is 2. The number of phenolic OH excluding ortho intramolecular Hbond substituents is 1. The Bertz CT molecular complexity index is 553. The molecular formula is C16H21NO4. The summed E-state index contributed by atoms with van der Waals surface area (Å²) in [6, 6.07) is 5.70. The van der Waals surface area contributed by atoms with Gasteiger partial charge >= 0.3 is 5.97 Å². The summed E-state index contributed by atoms with van der Waals surface area (Å²) in [5.74, 6) is -1.06. The summed E-state index contributed by atoms with van der Waals surface area (Å²) in [6.45, 7) is 4.25. The lowest BCUT2D eigenvalue weighted by Crippen LogP contribution is -2.56.